The number of furan rings is 1. The molecule has 4 aromatic rings. The monoisotopic (exact) mass is 472 g/mol. The maximum absolute atomic E-state index is 13.5. The molecule has 0 N–H and O–H groups in total. The molecule has 2 aromatic carbocycles. The Labute approximate surface area is 191 Å². The van der Waals surface area contributed by atoms with Gasteiger partial charge in [0, 0.05) is 13.1 Å². The van der Waals surface area contributed by atoms with Gasteiger partial charge >= 0.3 is 6.18 Å². The minimum Gasteiger partial charge on any atom is -0.461 e. The molecule has 5 rings (SSSR count). The van der Waals surface area contributed by atoms with Crippen LogP contribution in [-0.4, -0.2) is 32.1 Å². The number of benzene rings is 2. The van der Waals surface area contributed by atoms with Crippen LogP contribution in [-0.2, 0) is 12.7 Å². The second-order valence-electron chi connectivity index (χ2n) is 7.49. The highest BCUT2D eigenvalue weighted by molar-refractivity contribution is 6.34. The Kier molecular flexibility index (Phi) is 5.20. The average molecular weight is 473 g/mol. The minimum absolute atomic E-state index is 0.212. The Morgan fingerprint density at radius 1 is 1.00 bits per heavy atom. The number of rotatable bonds is 3. The van der Waals surface area contributed by atoms with Gasteiger partial charge in [-0.2, -0.15) is 13.2 Å². The van der Waals surface area contributed by atoms with E-state index in [2.05, 4.69) is 10.2 Å². The fourth-order valence-electron chi connectivity index (χ4n) is 4.06. The van der Waals surface area contributed by atoms with Gasteiger partial charge in [0.05, 0.1) is 22.4 Å². The molecular formula is C23H16ClF3N4O2. The molecule has 3 heterocycles. The van der Waals surface area contributed by atoms with E-state index in [9.17, 15) is 18.0 Å². The van der Waals surface area contributed by atoms with E-state index in [4.69, 9.17) is 16.0 Å². The summed E-state index contributed by atoms with van der Waals surface area (Å²) in [5.41, 5.74) is -0.522. The smallest absolute Gasteiger partial charge is 0.417 e. The van der Waals surface area contributed by atoms with Gasteiger partial charge in [-0.3, -0.25) is 4.79 Å². The number of nitrogens with zero attached hydrogens (tertiary/aromatic N) is 4. The number of alkyl halides is 3. The van der Waals surface area contributed by atoms with Crippen molar-refractivity contribution < 1.29 is 22.4 Å². The molecular weight excluding hydrogens is 457 g/mol. The summed E-state index contributed by atoms with van der Waals surface area (Å²) in [5, 5.41) is 7.95. The van der Waals surface area contributed by atoms with Gasteiger partial charge in [-0.25, -0.2) is 0 Å². The van der Waals surface area contributed by atoms with E-state index in [0.717, 1.165) is 11.6 Å². The maximum atomic E-state index is 13.5. The van der Waals surface area contributed by atoms with Gasteiger partial charge in [-0.15, -0.1) is 10.2 Å². The van der Waals surface area contributed by atoms with Gasteiger partial charge in [-0.05, 0) is 29.8 Å². The number of hydrogen-bond acceptors (Lipinski definition) is 4. The predicted molar refractivity (Wildman–Crippen MR) is 113 cm³/mol. The third-order valence-electron chi connectivity index (χ3n) is 5.55. The third-order valence-corrected chi connectivity index (χ3v) is 5.96. The molecule has 0 saturated carbocycles. The summed E-state index contributed by atoms with van der Waals surface area (Å²) < 4.78 is 47.4. The number of hydrogen-bond donors (Lipinski definition) is 0. The van der Waals surface area contributed by atoms with Crippen molar-refractivity contribution in [3.05, 3.63) is 94.5 Å². The highest BCUT2D eigenvalue weighted by Gasteiger charge is 2.39. The van der Waals surface area contributed by atoms with Crippen LogP contribution in [0.5, 0.6) is 0 Å². The Hall–Kier alpha value is -3.59. The number of carbonyl (C=O) groups excluding carboxylic acids is 1. The summed E-state index contributed by atoms with van der Waals surface area (Å²) in [5.74, 6) is 0.908. The Morgan fingerprint density at radius 2 is 1.79 bits per heavy atom. The van der Waals surface area contributed by atoms with Gasteiger partial charge in [0.1, 0.15) is 6.04 Å². The van der Waals surface area contributed by atoms with E-state index in [1.807, 2.05) is 34.9 Å². The zero-order valence-corrected chi connectivity index (χ0v) is 17.7. The molecule has 0 spiro atoms. The molecule has 1 amide bonds. The van der Waals surface area contributed by atoms with Crippen molar-refractivity contribution in [3.63, 3.8) is 0 Å². The van der Waals surface area contributed by atoms with Crippen LogP contribution in [0.15, 0.2) is 71.3 Å². The maximum Gasteiger partial charge on any atom is 0.417 e. The van der Waals surface area contributed by atoms with Gasteiger partial charge in [-0.1, -0.05) is 48.0 Å². The van der Waals surface area contributed by atoms with E-state index < -0.39 is 28.7 Å². The molecule has 33 heavy (non-hydrogen) atoms. The predicted octanol–water partition coefficient (Wildman–Crippen LogP) is 5.46. The van der Waals surface area contributed by atoms with Crippen molar-refractivity contribution in [2.45, 2.75) is 18.8 Å². The lowest BCUT2D eigenvalue weighted by atomic mass is 10.0. The van der Waals surface area contributed by atoms with Crippen LogP contribution in [0.2, 0.25) is 5.02 Å². The minimum atomic E-state index is -4.67. The highest BCUT2D eigenvalue weighted by atomic mass is 35.5. The van der Waals surface area contributed by atoms with Crippen LogP contribution < -0.4 is 0 Å². The van der Waals surface area contributed by atoms with Crippen molar-refractivity contribution in [2.75, 3.05) is 6.54 Å². The quantitative estimate of drug-likeness (QED) is 0.397. The van der Waals surface area contributed by atoms with Gasteiger partial charge < -0.3 is 13.9 Å². The molecule has 2 aromatic heterocycles. The molecule has 1 aliphatic heterocycles. The largest absolute Gasteiger partial charge is 0.461 e. The standard InChI is InChI=1S/C23H16ClF3N4O2/c24-18-15(8-4-9-16(18)23(25,26)27)22(32)30-11-12-31-20(17-10-5-13-33-17)28-29-21(31)19(30)14-6-2-1-3-7-14/h1-10,13,19H,11-12H2/t19-/m0/s1. The lowest BCUT2D eigenvalue weighted by molar-refractivity contribution is -0.137. The van der Waals surface area contributed by atoms with Crippen LogP contribution in [0.1, 0.15) is 33.4 Å². The first-order valence-corrected chi connectivity index (χ1v) is 10.4. The van der Waals surface area contributed by atoms with Crippen LogP contribution in [0.25, 0.3) is 11.6 Å². The second-order valence-corrected chi connectivity index (χ2v) is 7.87. The molecule has 0 aliphatic carbocycles. The molecule has 0 bridgehead atoms. The van der Waals surface area contributed by atoms with Gasteiger partial charge in [0.25, 0.3) is 5.91 Å². The van der Waals surface area contributed by atoms with Crippen LogP contribution in [0.4, 0.5) is 13.2 Å². The summed E-state index contributed by atoms with van der Waals surface area (Å²) in [6.07, 6.45) is -3.15. The SMILES string of the molecule is O=C(c1cccc(C(F)(F)F)c1Cl)N1CCn2c(-c3ccco3)nnc2[C@@H]1c1ccccc1. The molecule has 1 aliphatic rings. The number of fused-ring (bicyclic) bond motifs is 1. The average Bonchev–Trinajstić information content (AvgIpc) is 3.47. The molecule has 1 atom stereocenters. The highest BCUT2D eigenvalue weighted by Crippen LogP contribution is 2.39. The summed E-state index contributed by atoms with van der Waals surface area (Å²) in [4.78, 5) is 15.0. The zero-order chi connectivity index (χ0) is 23.2. The Bertz CT molecular complexity index is 1300. The Morgan fingerprint density at radius 3 is 2.48 bits per heavy atom. The number of aromatic nitrogens is 3. The molecule has 6 nitrogen and oxygen atoms in total. The molecule has 0 fully saturated rings. The van der Waals surface area contributed by atoms with Crippen molar-refractivity contribution in [1.82, 2.24) is 19.7 Å². The normalized spacial score (nSPS) is 16.0. The third kappa shape index (κ3) is 3.68. The van der Waals surface area contributed by atoms with Crippen LogP contribution in [0, 0.1) is 0 Å². The molecule has 0 saturated heterocycles. The molecule has 168 valence electrons. The molecule has 0 radical (unpaired) electrons. The van der Waals surface area contributed by atoms with E-state index >= 15 is 0 Å². The van der Waals surface area contributed by atoms with Gasteiger partial charge in [0.2, 0.25) is 0 Å². The van der Waals surface area contributed by atoms with E-state index in [1.165, 1.54) is 23.3 Å². The van der Waals surface area contributed by atoms with Crippen molar-refractivity contribution in [1.29, 1.82) is 0 Å². The molecule has 10 heteroatoms. The zero-order valence-electron chi connectivity index (χ0n) is 17.0. The summed E-state index contributed by atoms with van der Waals surface area (Å²) >= 11 is 6.06. The first kappa shape index (κ1) is 21.3. The second kappa shape index (κ2) is 8.08. The van der Waals surface area contributed by atoms with E-state index in [1.54, 1.807) is 12.1 Å². The fourth-order valence-corrected chi connectivity index (χ4v) is 4.37. The number of carbonyl (C=O) groups is 1. The topological polar surface area (TPSA) is 64.2 Å². The first-order chi connectivity index (χ1) is 15.9. The lowest BCUT2D eigenvalue weighted by Gasteiger charge is -2.36. The number of amides is 1. The van der Waals surface area contributed by atoms with E-state index in [0.29, 0.717) is 24.0 Å². The fraction of sp³-hybridized carbons (Fsp3) is 0.174. The summed E-state index contributed by atoms with van der Waals surface area (Å²) in [6, 6.07) is 15.3. The summed E-state index contributed by atoms with van der Waals surface area (Å²) in [6.45, 7) is 0.549. The van der Waals surface area contributed by atoms with Crippen molar-refractivity contribution in [2.24, 2.45) is 0 Å². The summed E-state index contributed by atoms with van der Waals surface area (Å²) in [7, 11) is 0. The van der Waals surface area contributed by atoms with Crippen LogP contribution >= 0.6 is 11.6 Å². The van der Waals surface area contributed by atoms with Crippen molar-refractivity contribution in [3.8, 4) is 11.6 Å². The molecule has 0 unspecified atom stereocenters. The Balaban J connectivity index is 1.61. The number of halogens is 4. The first-order valence-electron chi connectivity index (χ1n) is 10.0. The van der Waals surface area contributed by atoms with Gasteiger partial charge in [0.15, 0.2) is 17.4 Å². The van der Waals surface area contributed by atoms with Crippen LogP contribution in [0.3, 0.4) is 0 Å². The van der Waals surface area contributed by atoms with E-state index in [-0.39, 0.29) is 12.1 Å². The lowest BCUT2D eigenvalue weighted by Crippen LogP contribution is -2.43. The van der Waals surface area contributed by atoms with Crippen molar-refractivity contribution >= 4 is 17.5 Å².